The van der Waals surface area contributed by atoms with E-state index >= 15 is 0 Å². The standard InChI is InChI=1S/C63H57N/c1-61(2,3)47-39-46(40-48(41-47)62(4,5)6)52-25-16-21-45-22-17-27-54(59(45)52)53-23-13-15-30-58(53)64(49-35-31-43(32-36-49)42-19-10-9-11-20-42)50-37-33-44(34-38-50)51-26-18-29-57-60(51)55-24-12-14-28-56(55)63(57,7)8/h9-41H,1-8H3. The van der Waals surface area contributed by atoms with Crippen LogP contribution in [0.5, 0.6) is 0 Å². The molecule has 1 nitrogen and oxygen atoms in total. The Morgan fingerprint density at radius 3 is 1.48 bits per heavy atom. The third-order valence-electron chi connectivity index (χ3n) is 13.6. The van der Waals surface area contributed by atoms with E-state index in [9.17, 15) is 0 Å². The van der Waals surface area contributed by atoms with E-state index in [0.717, 1.165) is 17.1 Å². The summed E-state index contributed by atoms with van der Waals surface area (Å²) < 4.78 is 0. The molecule has 9 aromatic rings. The molecule has 0 saturated carbocycles. The molecule has 9 aromatic carbocycles. The molecule has 10 rings (SSSR count). The van der Waals surface area contributed by atoms with Crippen molar-refractivity contribution in [2.45, 2.75) is 71.6 Å². The zero-order valence-electron chi connectivity index (χ0n) is 38.5. The van der Waals surface area contributed by atoms with Crippen LogP contribution in [0.3, 0.4) is 0 Å². The second-order valence-electron chi connectivity index (χ2n) is 20.2. The summed E-state index contributed by atoms with van der Waals surface area (Å²) in [4.78, 5) is 2.45. The van der Waals surface area contributed by atoms with Gasteiger partial charge < -0.3 is 4.90 Å². The van der Waals surface area contributed by atoms with Crippen molar-refractivity contribution in [2.75, 3.05) is 4.90 Å². The number of anilines is 3. The normalized spacial score (nSPS) is 13.1. The van der Waals surface area contributed by atoms with Crippen molar-refractivity contribution in [2.24, 2.45) is 0 Å². The summed E-state index contributed by atoms with van der Waals surface area (Å²) in [5.74, 6) is 0. The highest BCUT2D eigenvalue weighted by Gasteiger charge is 2.36. The highest BCUT2D eigenvalue weighted by molar-refractivity contribution is 6.09. The maximum atomic E-state index is 2.45. The van der Waals surface area contributed by atoms with Gasteiger partial charge in [0.2, 0.25) is 0 Å². The number of nitrogens with zero attached hydrogens (tertiary/aromatic N) is 1. The van der Waals surface area contributed by atoms with E-state index in [1.807, 2.05) is 0 Å². The highest BCUT2D eigenvalue weighted by atomic mass is 15.1. The maximum absolute atomic E-state index is 2.45. The van der Waals surface area contributed by atoms with Crippen molar-refractivity contribution in [3.05, 3.63) is 222 Å². The molecular weight excluding hydrogens is 771 g/mol. The minimum atomic E-state index is -0.0555. The van der Waals surface area contributed by atoms with Gasteiger partial charge in [-0.3, -0.25) is 0 Å². The third kappa shape index (κ3) is 7.24. The maximum Gasteiger partial charge on any atom is 0.0540 e. The molecule has 0 spiro atoms. The SMILES string of the molecule is CC(C)(C)c1cc(-c2cccc3cccc(-c4ccccc4N(c4ccc(-c5ccccc5)cc4)c4ccc(-c5cccc6c5-c5ccccc5C6(C)C)cc4)c23)cc(C(C)(C)C)c1. The lowest BCUT2D eigenvalue weighted by atomic mass is 9.78. The minimum Gasteiger partial charge on any atom is -0.310 e. The van der Waals surface area contributed by atoms with Gasteiger partial charge in [-0.1, -0.05) is 225 Å². The Labute approximate surface area is 380 Å². The van der Waals surface area contributed by atoms with Crippen LogP contribution in [0, 0.1) is 0 Å². The molecule has 0 fully saturated rings. The van der Waals surface area contributed by atoms with E-state index in [-0.39, 0.29) is 16.2 Å². The summed E-state index contributed by atoms with van der Waals surface area (Å²) in [7, 11) is 0. The topological polar surface area (TPSA) is 3.24 Å². The van der Waals surface area contributed by atoms with E-state index in [1.54, 1.807) is 0 Å². The molecule has 1 aliphatic carbocycles. The zero-order valence-corrected chi connectivity index (χ0v) is 38.5. The average Bonchev–Trinajstić information content (AvgIpc) is 3.55. The van der Waals surface area contributed by atoms with Crippen LogP contribution < -0.4 is 4.90 Å². The molecule has 1 heteroatoms. The Morgan fingerprint density at radius 1 is 0.359 bits per heavy atom. The molecule has 0 aliphatic heterocycles. The first-order chi connectivity index (χ1) is 30.8. The zero-order chi connectivity index (χ0) is 44.4. The fraction of sp³-hybridized carbons (Fsp3) is 0.175. The van der Waals surface area contributed by atoms with Gasteiger partial charge in [0.05, 0.1) is 5.69 Å². The second-order valence-corrected chi connectivity index (χ2v) is 20.2. The lowest BCUT2D eigenvalue weighted by Crippen LogP contribution is -2.16. The van der Waals surface area contributed by atoms with Crippen LogP contribution in [0.2, 0.25) is 0 Å². The number of rotatable bonds is 7. The van der Waals surface area contributed by atoms with Crippen LogP contribution in [0.4, 0.5) is 17.1 Å². The first-order valence-corrected chi connectivity index (χ1v) is 22.8. The molecule has 0 unspecified atom stereocenters. The fourth-order valence-electron chi connectivity index (χ4n) is 10.00. The molecule has 314 valence electrons. The van der Waals surface area contributed by atoms with Gasteiger partial charge in [0.15, 0.2) is 0 Å². The van der Waals surface area contributed by atoms with Crippen molar-refractivity contribution in [1.29, 1.82) is 0 Å². The summed E-state index contributed by atoms with van der Waals surface area (Å²) in [5, 5.41) is 2.49. The summed E-state index contributed by atoms with van der Waals surface area (Å²) in [6.45, 7) is 18.6. The molecule has 0 heterocycles. The predicted molar refractivity (Wildman–Crippen MR) is 275 cm³/mol. The van der Waals surface area contributed by atoms with Crippen molar-refractivity contribution >= 4 is 27.8 Å². The van der Waals surface area contributed by atoms with Gasteiger partial charge in [-0.05, 0) is 124 Å². The number of hydrogen-bond acceptors (Lipinski definition) is 1. The van der Waals surface area contributed by atoms with Crippen molar-refractivity contribution in [1.82, 2.24) is 0 Å². The molecule has 0 aromatic heterocycles. The van der Waals surface area contributed by atoms with Crippen molar-refractivity contribution in [3.63, 3.8) is 0 Å². The number of fused-ring (bicyclic) bond motifs is 4. The molecule has 0 atom stereocenters. The Morgan fingerprint density at radius 2 is 0.844 bits per heavy atom. The highest BCUT2D eigenvalue weighted by Crippen LogP contribution is 2.52. The summed E-state index contributed by atoms with van der Waals surface area (Å²) in [6.07, 6.45) is 0. The van der Waals surface area contributed by atoms with Crippen LogP contribution in [-0.2, 0) is 16.2 Å². The van der Waals surface area contributed by atoms with Gasteiger partial charge in [0.1, 0.15) is 0 Å². The molecule has 1 aliphatic rings. The van der Waals surface area contributed by atoms with Crippen LogP contribution in [0.15, 0.2) is 200 Å². The smallest absolute Gasteiger partial charge is 0.0540 e. The van der Waals surface area contributed by atoms with Gasteiger partial charge in [-0.25, -0.2) is 0 Å². The second kappa shape index (κ2) is 15.7. The largest absolute Gasteiger partial charge is 0.310 e. The molecule has 0 radical (unpaired) electrons. The lowest BCUT2D eigenvalue weighted by Gasteiger charge is -2.29. The molecule has 0 amide bonds. The summed E-state index contributed by atoms with van der Waals surface area (Å²) in [6, 6.07) is 74.6. The fourth-order valence-corrected chi connectivity index (χ4v) is 10.00. The monoisotopic (exact) mass is 827 g/mol. The first kappa shape index (κ1) is 41.1. The Bertz CT molecular complexity index is 3130. The van der Waals surface area contributed by atoms with E-state index in [0.29, 0.717) is 0 Å². The van der Waals surface area contributed by atoms with Gasteiger partial charge >= 0.3 is 0 Å². The van der Waals surface area contributed by atoms with E-state index < -0.39 is 0 Å². The van der Waals surface area contributed by atoms with E-state index in [2.05, 4.69) is 260 Å². The molecule has 0 N–H and O–H groups in total. The van der Waals surface area contributed by atoms with Crippen molar-refractivity contribution < 1.29 is 0 Å². The average molecular weight is 828 g/mol. The van der Waals surface area contributed by atoms with Crippen molar-refractivity contribution in [3.8, 4) is 55.6 Å². The molecular formula is C63H57N. The number of benzene rings is 9. The van der Waals surface area contributed by atoms with Gasteiger partial charge in [0, 0.05) is 22.4 Å². The lowest BCUT2D eigenvalue weighted by molar-refractivity contribution is 0.569. The molecule has 64 heavy (non-hydrogen) atoms. The van der Waals surface area contributed by atoms with Crippen LogP contribution in [-0.4, -0.2) is 0 Å². The number of para-hydroxylation sites is 1. The minimum absolute atomic E-state index is 0.00374. The van der Waals surface area contributed by atoms with Gasteiger partial charge in [-0.15, -0.1) is 0 Å². The van der Waals surface area contributed by atoms with Crippen LogP contribution in [0.25, 0.3) is 66.4 Å². The van der Waals surface area contributed by atoms with Crippen LogP contribution in [0.1, 0.15) is 77.6 Å². The quantitative estimate of drug-likeness (QED) is 0.155. The Balaban J connectivity index is 1.15. The molecule has 0 bridgehead atoms. The van der Waals surface area contributed by atoms with E-state index in [1.165, 1.54) is 88.7 Å². The predicted octanol–water partition coefficient (Wildman–Crippen LogP) is 17.9. The number of hydrogen-bond donors (Lipinski definition) is 0. The Hall–Kier alpha value is -6.96. The van der Waals surface area contributed by atoms with Gasteiger partial charge in [-0.2, -0.15) is 0 Å². The third-order valence-corrected chi connectivity index (χ3v) is 13.6. The molecule has 0 saturated heterocycles. The Kier molecular flexibility index (Phi) is 10.1. The van der Waals surface area contributed by atoms with Crippen LogP contribution >= 0.6 is 0 Å². The first-order valence-electron chi connectivity index (χ1n) is 22.8. The van der Waals surface area contributed by atoms with E-state index in [4.69, 9.17) is 0 Å². The summed E-state index contributed by atoms with van der Waals surface area (Å²) >= 11 is 0. The summed E-state index contributed by atoms with van der Waals surface area (Å²) in [5.41, 5.74) is 21.3. The van der Waals surface area contributed by atoms with Gasteiger partial charge in [0.25, 0.3) is 0 Å².